The van der Waals surface area contributed by atoms with Gasteiger partial charge in [-0.1, -0.05) is 19.8 Å². The van der Waals surface area contributed by atoms with Crippen LogP contribution in [0.5, 0.6) is 0 Å². The standard InChI is InChI=1S/C13H18FIN2/c1-8-3-2-4-9(8)7-17-13-5-10(14)11(15)6-12(13)16/h5-6,8-9,17H,2-4,7,16H2,1H3. The molecule has 1 fully saturated rings. The number of nitrogens with two attached hydrogens (primary N) is 1. The van der Waals surface area contributed by atoms with Crippen molar-refractivity contribution in [3.8, 4) is 0 Å². The van der Waals surface area contributed by atoms with Crippen LogP contribution in [0, 0.1) is 21.2 Å². The van der Waals surface area contributed by atoms with Crippen molar-refractivity contribution < 1.29 is 4.39 Å². The smallest absolute Gasteiger partial charge is 0.138 e. The van der Waals surface area contributed by atoms with Crippen LogP contribution in [-0.4, -0.2) is 6.54 Å². The summed E-state index contributed by atoms with van der Waals surface area (Å²) in [5, 5.41) is 3.28. The lowest BCUT2D eigenvalue weighted by Crippen LogP contribution is -2.17. The zero-order chi connectivity index (χ0) is 12.4. The molecule has 2 nitrogen and oxygen atoms in total. The zero-order valence-corrected chi connectivity index (χ0v) is 12.1. The van der Waals surface area contributed by atoms with Crippen molar-refractivity contribution in [1.29, 1.82) is 0 Å². The number of halogens is 2. The van der Waals surface area contributed by atoms with E-state index in [1.807, 2.05) is 22.6 Å². The Bertz CT molecular complexity index is 409. The van der Waals surface area contributed by atoms with E-state index in [1.165, 1.54) is 25.3 Å². The molecule has 0 radical (unpaired) electrons. The van der Waals surface area contributed by atoms with Crippen molar-refractivity contribution in [3.05, 3.63) is 21.5 Å². The number of nitrogen functional groups attached to an aromatic ring is 1. The molecule has 4 heteroatoms. The van der Waals surface area contributed by atoms with Crippen LogP contribution in [0.4, 0.5) is 15.8 Å². The lowest BCUT2D eigenvalue weighted by molar-refractivity contribution is 0.439. The Labute approximate surface area is 115 Å². The first-order valence-electron chi connectivity index (χ1n) is 6.06. The molecule has 0 heterocycles. The monoisotopic (exact) mass is 348 g/mol. The molecule has 0 spiro atoms. The first-order chi connectivity index (χ1) is 8.08. The Hall–Kier alpha value is -0.520. The van der Waals surface area contributed by atoms with Gasteiger partial charge in [0.1, 0.15) is 5.82 Å². The fourth-order valence-corrected chi connectivity index (χ4v) is 2.97. The van der Waals surface area contributed by atoms with E-state index in [1.54, 1.807) is 6.07 Å². The molecule has 0 saturated heterocycles. The van der Waals surface area contributed by atoms with Crippen LogP contribution in [0.1, 0.15) is 26.2 Å². The summed E-state index contributed by atoms with van der Waals surface area (Å²) in [6.45, 7) is 3.18. The molecule has 3 N–H and O–H groups in total. The molecule has 17 heavy (non-hydrogen) atoms. The SMILES string of the molecule is CC1CCCC1CNc1cc(F)c(I)cc1N. The largest absolute Gasteiger partial charge is 0.397 e. The van der Waals surface area contributed by atoms with Gasteiger partial charge in [-0.3, -0.25) is 0 Å². The highest BCUT2D eigenvalue weighted by atomic mass is 127. The van der Waals surface area contributed by atoms with Gasteiger partial charge in [-0.05, 0) is 46.9 Å². The minimum atomic E-state index is -0.207. The van der Waals surface area contributed by atoms with E-state index in [0.29, 0.717) is 15.2 Å². The fourth-order valence-electron chi connectivity index (χ4n) is 2.48. The third-order valence-electron chi connectivity index (χ3n) is 3.69. The molecule has 1 aromatic carbocycles. The Morgan fingerprint density at radius 3 is 2.88 bits per heavy atom. The van der Waals surface area contributed by atoms with E-state index < -0.39 is 0 Å². The Morgan fingerprint density at radius 1 is 1.47 bits per heavy atom. The number of hydrogen-bond acceptors (Lipinski definition) is 2. The fraction of sp³-hybridized carbons (Fsp3) is 0.538. The van der Waals surface area contributed by atoms with Crippen LogP contribution >= 0.6 is 22.6 Å². The maximum absolute atomic E-state index is 13.4. The van der Waals surface area contributed by atoms with Gasteiger partial charge in [-0.15, -0.1) is 0 Å². The molecule has 2 rings (SSSR count). The molecule has 2 atom stereocenters. The Morgan fingerprint density at radius 2 is 2.24 bits per heavy atom. The highest BCUT2D eigenvalue weighted by Crippen LogP contribution is 2.32. The maximum Gasteiger partial charge on any atom is 0.138 e. The second kappa shape index (κ2) is 5.42. The second-order valence-electron chi connectivity index (χ2n) is 4.90. The van der Waals surface area contributed by atoms with Gasteiger partial charge in [-0.25, -0.2) is 4.39 Å². The molecule has 0 amide bonds. The molecule has 0 aromatic heterocycles. The van der Waals surface area contributed by atoms with E-state index >= 15 is 0 Å². The summed E-state index contributed by atoms with van der Waals surface area (Å²) in [5.74, 6) is 1.25. The number of benzene rings is 1. The predicted molar refractivity (Wildman–Crippen MR) is 78.5 cm³/mol. The topological polar surface area (TPSA) is 38.0 Å². The predicted octanol–water partition coefficient (Wildman–Crippen LogP) is 3.86. The summed E-state index contributed by atoms with van der Waals surface area (Å²) in [7, 11) is 0. The minimum Gasteiger partial charge on any atom is -0.397 e. The third kappa shape index (κ3) is 3.03. The molecule has 2 unspecified atom stereocenters. The Balaban J connectivity index is 2.01. The van der Waals surface area contributed by atoms with Crippen molar-refractivity contribution in [2.75, 3.05) is 17.6 Å². The van der Waals surface area contributed by atoms with Gasteiger partial charge in [0.25, 0.3) is 0 Å². The highest BCUT2D eigenvalue weighted by molar-refractivity contribution is 14.1. The molecule has 1 aliphatic carbocycles. The second-order valence-corrected chi connectivity index (χ2v) is 6.06. The Kier molecular flexibility index (Phi) is 4.12. The molecule has 0 bridgehead atoms. The van der Waals surface area contributed by atoms with E-state index in [-0.39, 0.29) is 5.82 Å². The minimum absolute atomic E-state index is 0.207. The number of nitrogens with one attached hydrogen (secondary N) is 1. The van der Waals surface area contributed by atoms with Crippen LogP contribution in [0.25, 0.3) is 0 Å². The van der Waals surface area contributed by atoms with E-state index in [9.17, 15) is 4.39 Å². The summed E-state index contributed by atoms with van der Waals surface area (Å²) in [6.07, 6.45) is 3.88. The van der Waals surface area contributed by atoms with Crippen molar-refractivity contribution in [1.82, 2.24) is 0 Å². The molecular formula is C13H18FIN2. The summed E-state index contributed by atoms with van der Waals surface area (Å²) >= 11 is 1.95. The van der Waals surface area contributed by atoms with Crippen LogP contribution < -0.4 is 11.1 Å². The van der Waals surface area contributed by atoms with Crippen molar-refractivity contribution >= 4 is 34.0 Å². The zero-order valence-electron chi connectivity index (χ0n) is 9.97. The van der Waals surface area contributed by atoms with E-state index in [2.05, 4.69) is 12.2 Å². The summed E-state index contributed by atoms with van der Waals surface area (Å²) in [5.41, 5.74) is 7.23. The summed E-state index contributed by atoms with van der Waals surface area (Å²) in [6, 6.07) is 3.17. The van der Waals surface area contributed by atoms with Gasteiger partial charge in [0.15, 0.2) is 0 Å². The van der Waals surface area contributed by atoms with Crippen LogP contribution in [0.3, 0.4) is 0 Å². The van der Waals surface area contributed by atoms with Gasteiger partial charge in [0.2, 0.25) is 0 Å². The molecule has 0 aliphatic heterocycles. The third-order valence-corrected chi connectivity index (χ3v) is 4.51. The van der Waals surface area contributed by atoms with Crippen molar-refractivity contribution in [2.45, 2.75) is 26.2 Å². The quantitative estimate of drug-likeness (QED) is 0.643. The molecular weight excluding hydrogens is 330 g/mol. The van der Waals surface area contributed by atoms with Gasteiger partial charge >= 0.3 is 0 Å². The lowest BCUT2D eigenvalue weighted by atomic mass is 9.98. The molecule has 94 valence electrons. The van der Waals surface area contributed by atoms with Gasteiger partial charge in [0, 0.05) is 12.6 Å². The van der Waals surface area contributed by atoms with Crippen molar-refractivity contribution in [2.24, 2.45) is 11.8 Å². The normalized spacial score (nSPS) is 23.9. The summed E-state index contributed by atoms with van der Waals surface area (Å²) in [4.78, 5) is 0. The van der Waals surface area contributed by atoms with Crippen molar-refractivity contribution in [3.63, 3.8) is 0 Å². The summed E-state index contributed by atoms with van der Waals surface area (Å²) < 4.78 is 14.0. The molecule has 1 saturated carbocycles. The van der Waals surface area contributed by atoms with Crippen LogP contribution in [-0.2, 0) is 0 Å². The van der Waals surface area contributed by atoms with Crippen LogP contribution in [0.2, 0.25) is 0 Å². The van der Waals surface area contributed by atoms with Gasteiger partial charge < -0.3 is 11.1 Å². The van der Waals surface area contributed by atoms with Crippen LogP contribution in [0.15, 0.2) is 12.1 Å². The number of rotatable bonds is 3. The highest BCUT2D eigenvalue weighted by Gasteiger charge is 2.23. The van der Waals surface area contributed by atoms with Gasteiger partial charge in [0.05, 0.1) is 14.9 Å². The van der Waals surface area contributed by atoms with E-state index in [0.717, 1.165) is 18.2 Å². The van der Waals surface area contributed by atoms with E-state index in [4.69, 9.17) is 5.73 Å². The first-order valence-corrected chi connectivity index (χ1v) is 7.14. The number of hydrogen-bond donors (Lipinski definition) is 2. The molecule has 1 aromatic rings. The average molecular weight is 348 g/mol. The lowest BCUT2D eigenvalue weighted by Gasteiger charge is -2.18. The van der Waals surface area contributed by atoms with Gasteiger partial charge in [-0.2, -0.15) is 0 Å². The average Bonchev–Trinajstić information content (AvgIpc) is 2.68. The number of anilines is 2. The molecule has 1 aliphatic rings. The first kappa shape index (κ1) is 12.9. The maximum atomic E-state index is 13.4.